The molecule has 5 nitrogen and oxygen atoms in total. The minimum Gasteiger partial charge on any atom is -0.342 e. The summed E-state index contributed by atoms with van der Waals surface area (Å²) >= 11 is 1.70. The van der Waals surface area contributed by atoms with Crippen molar-refractivity contribution in [2.24, 2.45) is 0 Å². The number of halogens is 1. The lowest BCUT2D eigenvalue weighted by atomic mass is 9.97. The summed E-state index contributed by atoms with van der Waals surface area (Å²) in [5.74, 6) is 2.95. The molecule has 0 saturated carbocycles. The minimum absolute atomic E-state index is 0.169. The maximum absolute atomic E-state index is 12.9. The summed E-state index contributed by atoms with van der Waals surface area (Å²) < 4.78 is 17.9. The molecule has 1 atom stereocenters. The molecule has 0 spiro atoms. The van der Waals surface area contributed by atoms with Gasteiger partial charge in [0.05, 0.1) is 0 Å². The monoisotopic (exact) mass is 363 g/mol. The SMILES string of the molecule is Cc1nc(C2CCCN(C(=O)CCSCc3ccc(F)cc3)C2)no1. The van der Waals surface area contributed by atoms with Crippen LogP contribution in [0.15, 0.2) is 28.8 Å². The van der Waals surface area contributed by atoms with Gasteiger partial charge in [-0.2, -0.15) is 16.7 Å². The fraction of sp³-hybridized carbons (Fsp3) is 0.500. The first-order valence-corrected chi connectivity index (χ1v) is 9.67. The van der Waals surface area contributed by atoms with Crippen LogP contribution in [0.5, 0.6) is 0 Å². The van der Waals surface area contributed by atoms with Gasteiger partial charge in [0.25, 0.3) is 0 Å². The molecule has 1 unspecified atom stereocenters. The first-order valence-electron chi connectivity index (χ1n) is 8.52. The highest BCUT2D eigenvalue weighted by Gasteiger charge is 2.27. The summed E-state index contributed by atoms with van der Waals surface area (Å²) in [5.41, 5.74) is 1.07. The highest BCUT2D eigenvalue weighted by atomic mass is 32.2. The van der Waals surface area contributed by atoms with Crippen molar-refractivity contribution < 1.29 is 13.7 Å². The van der Waals surface area contributed by atoms with Gasteiger partial charge in [-0.05, 0) is 30.5 Å². The number of benzene rings is 1. The Bertz CT molecular complexity index is 705. The largest absolute Gasteiger partial charge is 0.342 e. The Labute approximate surface area is 151 Å². The predicted molar refractivity (Wildman–Crippen MR) is 94.8 cm³/mol. The third-order valence-electron chi connectivity index (χ3n) is 4.32. The molecular formula is C18H22FN3O2S. The van der Waals surface area contributed by atoms with E-state index in [0.29, 0.717) is 24.7 Å². The highest BCUT2D eigenvalue weighted by molar-refractivity contribution is 7.98. The van der Waals surface area contributed by atoms with E-state index in [-0.39, 0.29) is 17.6 Å². The van der Waals surface area contributed by atoms with E-state index >= 15 is 0 Å². The lowest BCUT2D eigenvalue weighted by molar-refractivity contribution is -0.132. The molecule has 0 aliphatic carbocycles. The molecule has 1 aromatic heterocycles. The standard InChI is InChI=1S/C18H22FN3O2S/c1-13-20-18(21-24-13)15-3-2-9-22(11-15)17(23)8-10-25-12-14-4-6-16(19)7-5-14/h4-7,15H,2-3,8-12H2,1H3. The van der Waals surface area contributed by atoms with Crippen LogP contribution in [0.3, 0.4) is 0 Å². The molecule has 1 fully saturated rings. The van der Waals surface area contributed by atoms with E-state index in [1.165, 1.54) is 12.1 Å². The van der Waals surface area contributed by atoms with Crippen LogP contribution in [0.4, 0.5) is 4.39 Å². The summed E-state index contributed by atoms with van der Waals surface area (Å²) in [7, 11) is 0. The van der Waals surface area contributed by atoms with Crippen LogP contribution in [0, 0.1) is 12.7 Å². The molecule has 1 aliphatic rings. The molecular weight excluding hydrogens is 341 g/mol. The molecule has 1 saturated heterocycles. The zero-order valence-corrected chi connectivity index (χ0v) is 15.1. The Kier molecular flexibility index (Phi) is 6.07. The van der Waals surface area contributed by atoms with Crippen molar-refractivity contribution >= 4 is 17.7 Å². The molecule has 0 radical (unpaired) electrons. The Balaban J connectivity index is 1.42. The van der Waals surface area contributed by atoms with Crippen molar-refractivity contribution in [3.05, 3.63) is 47.4 Å². The number of aromatic nitrogens is 2. The van der Waals surface area contributed by atoms with Gasteiger partial charge in [0, 0.05) is 43.9 Å². The smallest absolute Gasteiger partial charge is 0.223 e. The summed E-state index contributed by atoms with van der Waals surface area (Å²) in [6.45, 7) is 3.25. The molecule has 25 heavy (non-hydrogen) atoms. The quantitative estimate of drug-likeness (QED) is 0.735. The molecule has 3 rings (SSSR count). The minimum atomic E-state index is -0.222. The van der Waals surface area contributed by atoms with E-state index in [1.54, 1.807) is 30.8 Å². The van der Waals surface area contributed by atoms with Gasteiger partial charge in [0.15, 0.2) is 5.82 Å². The zero-order valence-electron chi connectivity index (χ0n) is 14.3. The first-order chi connectivity index (χ1) is 12.1. The molecule has 134 valence electrons. The molecule has 1 aromatic carbocycles. The van der Waals surface area contributed by atoms with Crippen molar-refractivity contribution in [1.29, 1.82) is 0 Å². The fourth-order valence-electron chi connectivity index (χ4n) is 2.98. The Morgan fingerprint density at radius 3 is 2.92 bits per heavy atom. The number of likely N-dealkylation sites (tertiary alicyclic amines) is 1. The summed E-state index contributed by atoms with van der Waals surface area (Å²) in [6.07, 6.45) is 2.47. The van der Waals surface area contributed by atoms with Crippen LogP contribution in [0.25, 0.3) is 0 Å². The maximum atomic E-state index is 12.9. The van der Waals surface area contributed by atoms with E-state index in [2.05, 4.69) is 10.1 Å². The Morgan fingerprint density at radius 2 is 2.20 bits per heavy atom. The molecule has 2 heterocycles. The van der Waals surface area contributed by atoms with Gasteiger partial charge in [0.2, 0.25) is 11.8 Å². The fourth-order valence-corrected chi connectivity index (χ4v) is 3.87. The number of hydrogen-bond donors (Lipinski definition) is 0. The van der Waals surface area contributed by atoms with Crippen molar-refractivity contribution in [2.75, 3.05) is 18.8 Å². The molecule has 0 bridgehead atoms. The number of piperidine rings is 1. The van der Waals surface area contributed by atoms with Crippen LogP contribution in [0.1, 0.15) is 42.5 Å². The normalized spacial score (nSPS) is 17.7. The number of carbonyl (C=O) groups is 1. The number of carbonyl (C=O) groups excluding carboxylic acids is 1. The topological polar surface area (TPSA) is 59.2 Å². The van der Waals surface area contributed by atoms with E-state index < -0.39 is 0 Å². The van der Waals surface area contributed by atoms with Crippen molar-refractivity contribution in [3.8, 4) is 0 Å². The third kappa shape index (κ3) is 5.04. The molecule has 0 N–H and O–H groups in total. The average Bonchev–Trinajstić information content (AvgIpc) is 3.07. The second kappa shape index (κ2) is 8.47. The van der Waals surface area contributed by atoms with Crippen LogP contribution in [0.2, 0.25) is 0 Å². The lowest BCUT2D eigenvalue weighted by Gasteiger charge is -2.31. The Morgan fingerprint density at radius 1 is 1.40 bits per heavy atom. The third-order valence-corrected chi connectivity index (χ3v) is 5.36. The molecule has 1 amide bonds. The number of rotatable bonds is 6. The highest BCUT2D eigenvalue weighted by Crippen LogP contribution is 2.25. The maximum Gasteiger partial charge on any atom is 0.223 e. The number of hydrogen-bond acceptors (Lipinski definition) is 5. The van der Waals surface area contributed by atoms with Gasteiger partial charge >= 0.3 is 0 Å². The van der Waals surface area contributed by atoms with Crippen LogP contribution in [-0.4, -0.2) is 39.8 Å². The van der Waals surface area contributed by atoms with E-state index in [9.17, 15) is 9.18 Å². The Hall–Kier alpha value is -1.89. The van der Waals surface area contributed by atoms with Crippen LogP contribution < -0.4 is 0 Å². The summed E-state index contributed by atoms with van der Waals surface area (Å²) in [5, 5.41) is 3.99. The number of nitrogens with zero attached hydrogens (tertiary/aromatic N) is 3. The first kappa shape index (κ1) is 17.9. The van der Waals surface area contributed by atoms with Gasteiger partial charge < -0.3 is 9.42 Å². The van der Waals surface area contributed by atoms with E-state index in [1.807, 2.05) is 4.90 Å². The van der Waals surface area contributed by atoms with Crippen LogP contribution in [-0.2, 0) is 10.5 Å². The molecule has 2 aromatic rings. The van der Waals surface area contributed by atoms with Crippen molar-refractivity contribution in [3.63, 3.8) is 0 Å². The van der Waals surface area contributed by atoms with Crippen LogP contribution >= 0.6 is 11.8 Å². The number of amides is 1. The zero-order chi connectivity index (χ0) is 17.6. The van der Waals surface area contributed by atoms with Gasteiger partial charge in [-0.25, -0.2) is 4.39 Å². The number of aryl methyl sites for hydroxylation is 1. The van der Waals surface area contributed by atoms with Gasteiger partial charge in [-0.15, -0.1) is 0 Å². The van der Waals surface area contributed by atoms with Gasteiger partial charge in [-0.3, -0.25) is 4.79 Å². The van der Waals surface area contributed by atoms with E-state index in [4.69, 9.17) is 4.52 Å². The number of thioether (sulfide) groups is 1. The van der Waals surface area contributed by atoms with Crippen molar-refractivity contribution in [2.45, 2.75) is 37.9 Å². The summed E-state index contributed by atoms with van der Waals surface area (Å²) in [4.78, 5) is 18.6. The van der Waals surface area contributed by atoms with Crippen molar-refractivity contribution in [1.82, 2.24) is 15.0 Å². The molecule has 7 heteroatoms. The predicted octanol–water partition coefficient (Wildman–Crippen LogP) is 3.55. The second-order valence-electron chi connectivity index (χ2n) is 6.28. The average molecular weight is 363 g/mol. The molecule has 1 aliphatic heterocycles. The van der Waals surface area contributed by atoms with Gasteiger partial charge in [0.1, 0.15) is 5.82 Å². The lowest BCUT2D eigenvalue weighted by Crippen LogP contribution is -2.39. The second-order valence-corrected chi connectivity index (χ2v) is 7.38. The van der Waals surface area contributed by atoms with Gasteiger partial charge in [-0.1, -0.05) is 17.3 Å². The summed E-state index contributed by atoms with van der Waals surface area (Å²) in [6, 6.07) is 6.50. The van der Waals surface area contributed by atoms with E-state index in [0.717, 1.165) is 36.5 Å².